The van der Waals surface area contributed by atoms with Crippen molar-refractivity contribution in [2.24, 2.45) is 0 Å². The maximum Gasteiger partial charge on any atom is 0.118 e. The maximum atomic E-state index is 9.85. The summed E-state index contributed by atoms with van der Waals surface area (Å²) in [6.07, 6.45) is 0.918. The normalized spacial score (nSPS) is 18.0. The van der Waals surface area contributed by atoms with Crippen LogP contribution in [0.1, 0.15) is 24.1 Å². The highest BCUT2D eigenvalue weighted by Gasteiger charge is 2.21. The molecule has 0 saturated carbocycles. The van der Waals surface area contributed by atoms with E-state index in [0.29, 0.717) is 11.8 Å². The molecule has 3 rings (SSSR count). The van der Waals surface area contributed by atoms with Crippen LogP contribution in [0.15, 0.2) is 54.6 Å². The molecule has 1 atom stereocenters. The third-order valence-electron chi connectivity index (χ3n) is 4.93. The third kappa shape index (κ3) is 4.12. The number of benzene rings is 2. The Kier molecular flexibility index (Phi) is 5.31. The first-order valence-corrected chi connectivity index (χ1v) is 8.52. The molecule has 1 aliphatic heterocycles. The molecular weight excluding hydrogens is 284 g/mol. The standard InChI is InChI=1S/C20H26N2O/c1-17(18-7-3-2-4-8-18)22-15-13-21(14-16-22)12-11-19-9-5-6-10-20(19)23/h2-10,17,23H,11-16H2,1H3. The summed E-state index contributed by atoms with van der Waals surface area (Å²) in [6, 6.07) is 18.9. The fraction of sp³-hybridized carbons (Fsp3) is 0.400. The van der Waals surface area contributed by atoms with Gasteiger partial charge >= 0.3 is 0 Å². The lowest BCUT2D eigenvalue weighted by atomic mass is 10.1. The van der Waals surface area contributed by atoms with Gasteiger partial charge in [-0.2, -0.15) is 0 Å². The zero-order valence-corrected chi connectivity index (χ0v) is 13.9. The molecule has 1 unspecified atom stereocenters. The summed E-state index contributed by atoms with van der Waals surface area (Å²) in [4.78, 5) is 5.06. The second-order valence-electron chi connectivity index (χ2n) is 6.34. The van der Waals surface area contributed by atoms with E-state index in [1.807, 2.05) is 18.2 Å². The quantitative estimate of drug-likeness (QED) is 0.918. The summed E-state index contributed by atoms with van der Waals surface area (Å²) in [5.74, 6) is 0.420. The lowest BCUT2D eigenvalue weighted by molar-refractivity contribution is 0.103. The molecule has 3 heteroatoms. The number of phenols is 1. The Balaban J connectivity index is 1.48. The Bertz CT molecular complexity index is 606. The molecule has 0 bridgehead atoms. The van der Waals surface area contributed by atoms with Crippen LogP contribution in [0.3, 0.4) is 0 Å². The summed E-state index contributed by atoms with van der Waals surface area (Å²) in [5, 5.41) is 9.85. The number of phenolic OH excluding ortho intramolecular Hbond substituents is 1. The number of piperazine rings is 1. The highest BCUT2D eigenvalue weighted by molar-refractivity contribution is 5.31. The van der Waals surface area contributed by atoms with Crippen molar-refractivity contribution in [2.45, 2.75) is 19.4 Å². The Morgan fingerprint density at radius 1 is 0.913 bits per heavy atom. The molecule has 0 aliphatic carbocycles. The van der Waals surface area contributed by atoms with Crippen LogP contribution < -0.4 is 0 Å². The first-order valence-electron chi connectivity index (χ1n) is 8.52. The first kappa shape index (κ1) is 16.0. The van der Waals surface area contributed by atoms with E-state index in [-0.39, 0.29) is 0 Å². The average molecular weight is 310 g/mol. The number of rotatable bonds is 5. The van der Waals surface area contributed by atoms with Crippen molar-refractivity contribution in [2.75, 3.05) is 32.7 Å². The van der Waals surface area contributed by atoms with Gasteiger partial charge in [0.1, 0.15) is 5.75 Å². The molecule has 2 aromatic carbocycles. The van der Waals surface area contributed by atoms with Crippen LogP contribution in [0.2, 0.25) is 0 Å². The molecule has 23 heavy (non-hydrogen) atoms. The van der Waals surface area contributed by atoms with Crippen molar-refractivity contribution in [1.29, 1.82) is 0 Å². The topological polar surface area (TPSA) is 26.7 Å². The molecule has 0 radical (unpaired) electrons. The van der Waals surface area contributed by atoms with Gasteiger partial charge in [0.2, 0.25) is 0 Å². The van der Waals surface area contributed by atoms with Gasteiger partial charge in [-0.05, 0) is 30.5 Å². The number of aromatic hydroxyl groups is 1. The smallest absolute Gasteiger partial charge is 0.118 e. The zero-order chi connectivity index (χ0) is 16.1. The third-order valence-corrected chi connectivity index (χ3v) is 4.93. The molecule has 0 amide bonds. The fourth-order valence-electron chi connectivity index (χ4n) is 3.32. The Hall–Kier alpha value is -1.84. The molecule has 0 spiro atoms. The van der Waals surface area contributed by atoms with Crippen molar-refractivity contribution < 1.29 is 5.11 Å². The second-order valence-corrected chi connectivity index (χ2v) is 6.34. The maximum absolute atomic E-state index is 9.85. The van der Waals surface area contributed by atoms with E-state index in [9.17, 15) is 5.11 Å². The van der Waals surface area contributed by atoms with E-state index < -0.39 is 0 Å². The highest BCUT2D eigenvalue weighted by Crippen LogP contribution is 2.22. The van der Waals surface area contributed by atoms with E-state index in [0.717, 1.165) is 44.7 Å². The lowest BCUT2D eigenvalue weighted by Crippen LogP contribution is -2.47. The summed E-state index contributed by atoms with van der Waals surface area (Å²) in [6.45, 7) is 7.74. The van der Waals surface area contributed by atoms with Gasteiger partial charge in [-0.25, -0.2) is 0 Å². The average Bonchev–Trinajstić information content (AvgIpc) is 2.62. The number of hydrogen-bond donors (Lipinski definition) is 1. The Labute approximate surface area is 139 Å². The lowest BCUT2D eigenvalue weighted by Gasteiger charge is -2.38. The molecular formula is C20H26N2O. The summed E-state index contributed by atoms with van der Waals surface area (Å²) < 4.78 is 0. The van der Waals surface area contributed by atoms with E-state index in [2.05, 4.69) is 47.1 Å². The van der Waals surface area contributed by atoms with Gasteiger partial charge < -0.3 is 10.0 Å². The Morgan fingerprint density at radius 2 is 1.57 bits per heavy atom. The highest BCUT2D eigenvalue weighted by atomic mass is 16.3. The van der Waals surface area contributed by atoms with Gasteiger partial charge in [0.25, 0.3) is 0 Å². The molecule has 1 heterocycles. The molecule has 122 valence electrons. The number of hydrogen-bond acceptors (Lipinski definition) is 3. The van der Waals surface area contributed by atoms with Gasteiger partial charge in [-0.3, -0.25) is 4.90 Å². The first-order chi connectivity index (χ1) is 11.2. The van der Waals surface area contributed by atoms with Crippen molar-refractivity contribution in [3.8, 4) is 5.75 Å². The van der Waals surface area contributed by atoms with Crippen LogP contribution >= 0.6 is 0 Å². The number of nitrogens with zero attached hydrogens (tertiary/aromatic N) is 2. The molecule has 1 fully saturated rings. The van der Waals surface area contributed by atoms with Crippen molar-refractivity contribution in [3.05, 3.63) is 65.7 Å². The van der Waals surface area contributed by atoms with E-state index in [1.165, 1.54) is 5.56 Å². The van der Waals surface area contributed by atoms with Crippen LogP contribution in [0, 0.1) is 0 Å². The fourth-order valence-corrected chi connectivity index (χ4v) is 3.32. The van der Waals surface area contributed by atoms with E-state index in [1.54, 1.807) is 6.07 Å². The van der Waals surface area contributed by atoms with E-state index >= 15 is 0 Å². The van der Waals surface area contributed by atoms with Crippen LogP contribution in [0.5, 0.6) is 5.75 Å². The van der Waals surface area contributed by atoms with Crippen LogP contribution in [0.4, 0.5) is 0 Å². The largest absolute Gasteiger partial charge is 0.508 e. The number of para-hydroxylation sites is 1. The Morgan fingerprint density at radius 3 is 2.26 bits per heavy atom. The predicted molar refractivity (Wildman–Crippen MR) is 94.7 cm³/mol. The van der Waals surface area contributed by atoms with Crippen LogP contribution in [0.25, 0.3) is 0 Å². The van der Waals surface area contributed by atoms with Crippen molar-refractivity contribution >= 4 is 0 Å². The van der Waals surface area contributed by atoms with Gasteiger partial charge in [0, 0.05) is 38.8 Å². The monoisotopic (exact) mass is 310 g/mol. The summed E-state index contributed by atoms with van der Waals surface area (Å²) >= 11 is 0. The molecule has 2 aromatic rings. The predicted octanol–water partition coefficient (Wildman–Crippen LogP) is 3.31. The second kappa shape index (κ2) is 7.62. The minimum Gasteiger partial charge on any atom is -0.508 e. The van der Waals surface area contributed by atoms with Gasteiger partial charge in [-0.15, -0.1) is 0 Å². The molecule has 1 aliphatic rings. The van der Waals surface area contributed by atoms with Crippen LogP contribution in [-0.2, 0) is 6.42 Å². The SMILES string of the molecule is CC(c1ccccc1)N1CCN(CCc2ccccc2O)CC1. The van der Waals surface area contributed by atoms with Gasteiger partial charge in [0.05, 0.1) is 0 Å². The molecule has 1 saturated heterocycles. The van der Waals surface area contributed by atoms with Crippen molar-refractivity contribution in [1.82, 2.24) is 9.80 Å². The summed E-state index contributed by atoms with van der Waals surface area (Å²) in [5.41, 5.74) is 2.45. The summed E-state index contributed by atoms with van der Waals surface area (Å²) in [7, 11) is 0. The zero-order valence-electron chi connectivity index (χ0n) is 13.9. The minimum atomic E-state index is 0.420. The molecule has 3 nitrogen and oxygen atoms in total. The van der Waals surface area contributed by atoms with Gasteiger partial charge in [-0.1, -0.05) is 48.5 Å². The van der Waals surface area contributed by atoms with Crippen LogP contribution in [-0.4, -0.2) is 47.6 Å². The minimum absolute atomic E-state index is 0.420. The van der Waals surface area contributed by atoms with Gasteiger partial charge in [0.15, 0.2) is 0 Å². The van der Waals surface area contributed by atoms with Crippen molar-refractivity contribution in [3.63, 3.8) is 0 Å². The molecule has 0 aromatic heterocycles. The molecule has 1 N–H and O–H groups in total. The van der Waals surface area contributed by atoms with E-state index in [4.69, 9.17) is 0 Å².